The zero-order valence-electron chi connectivity index (χ0n) is 9.26. The average Bonchev–Trinajstić information content (AvgIpc) is 3.02. The molecule has 2 aliphatic heterocycles. The van der Waals surface area contributed by atoms with Gasteiger partial charge in [-0.25, -0.2) is 0 Å². The maximum Gasteiger partial charge on any atom is 0.0935 e. The highest BCUT2D eigenvalue weighted by Gasteiger charge is 2.44. The average molecular weight is 222 g/mol. The van der Waals surface area contributed by atoms with Crippen LogP contribution in [-0.2, 0) is 11.2 Å². The van der Waals surface area contributed by atoms with Gasteiger partial charge in [-0.1, -0.05) is 0 Å². The molecule has 2 aliphatic rings. The topological polar surface area (TPSA) is 60.4 Å². The van der Waals surface area contributed by atoms with Crippen LogP contribution in [-0.4, -0.2) is 18.2 Å². The van der Waals surface area contributed by atoms with Gasteiger partial charge in [0.1, 0.15) is 0 Å². The molecule has 2 bridgehead atoms. The van der Waals surface area contributed by atoms with Gasteiger partial charge in [-0.2, -0.15) is 0 Å². The van der Waals surface area contributed by atoms with Crippen molar-refractivity contribution >= 4 is 0 Å². The Bertz CT molecular complexity index is 339. The number of hydrogen-bond donors (Lipinski definition) is 2. The Kier molecular flexibility index (Phi) is 2.71. The van der Waals surface area contributed by atoms with Crippen molar-refractivity contribution in [3.63, 3.8) is 0 Å². The summed E-state index contributed by atoms with van der Waals surface area (Å²) in [4.78, 5) is 0. The Morgan fingerprint density at radius 1 is 1.50 bits per heavy atom. The molecule has 1 aromatic rings. The molecule has 16 heavy (non-hydrogen) atoms. The summed E-state index contributed by atoms with van der Waals surface area (Å²) in [6.07, 6.45) is 8.89. The van der Waals surface area contributed by atoms with E-state index in [1.54, 1.807) is 12.5 Å². The number of hydrazine groups is 1. The van der Waals surface area contributed by atoms with Crippen LogP contribution in [0.4, 0.5) is 0 Å². The molecule has 2 fully saturated rings. The summed E-state index contributed by atoms with van der Waals surface area (Å²) in [5.74, 6) is 6.22. The molecular formula is C12H18N2O2. The van der Waals surface area contributed by atoms with E-state index in [1.165, 1.54) is 18.4 Å². The van der Waals surface area contributed by atoms with E-state index in [0.29, 0.717) is 24.2 Å². The van der Waals surface area contributed by atoms with E-state index in [2.05, 4.69) is 5.43 Å². The van der Waals surface area contributed by atoms with Gasteiger partial charge in [0.05, 0.1) is 24.7 Å². The second-order valence-corrected chi connectivity index (χ2v) is 4.88. The maximum absolute atomic E-state index is 5.87. The molecule has 0 aromatic carbocycles. The third-order valence-corrected chi connectivity index (χ3v) is 3.92. The molecule has 0 aliphatic carbocycles. The van der Waals surface area contributed by atoms with Crippen LogP contribution >= 0.6 is 0 Å². The number of hydrogen-bond acceptors (Lipinski definition) is 4. The van der Waals surface area contributed by atoms with Crippen LogP contribution in [0.2, 0.25) is 0 Å². The van der Waals surface area contributed by atoms with Crippen molar-refractivity contribution in [2.75, 3.05) is 0 Å². The van der Waals surface area contributed by atoms with Crippen molar-refractivity contribution in [3.05, 3.63) is 24.2 Å². The van der Waals surface area contributed by atoms with Crippen LogP contribution in [0.5, 0.6) is 0 Å². The molecule has 3 N–H and O–H groups in total. The van der Waals surface area contributed by atoms with Gasteiger partial charge in [0.15, 0.2) is 0 Å². The fourth-order valence-corrected chi connectivity index (χ4v) is 3.10. The molecule has 1 aromatic heterocycles. The first kappa shape index (κ1) is 10.3. The van der Waals surface area contributed by atoms with Gasteiger partial charge in [-0.15, -0.1) is 0 Å². The molecule has 3 rings (SSSR count). The summed E-state index contributed by atoms with van der Waals surface area (Å²) in [5.41, 5.74) is 4.15. The fraction of sp³-hybridized carbons (Fsp3) is 0.667. The Morgan fingerprint density at radius 2 is 2.44 bits per heavy atom. The second-order valence-electron chi connectivity index (χ2n) is 4.88. The molecule has 0 spiro atoms. The second kappa shape index (κ2) is 4.20. The lowest BCUT2D eigenvalue weighted by Crippen LogP contribution is -2.45. The zero-order chi connectivity index (χ0) is 11.0. The Hall–Kier alpha value is -0.840. The number of fused-ring (bicyclic) bond motifs is 2. The number of rotatable bonds is 4. The van der Waals surface area contributed by atoms with Crippen molar-refractivity contribution in [1.29, 1.82) is 0 Å². The van der Waals surface area contributed by atoms with E-state index in [9.17, 15) is 0 Å². The molecule has 4 nitrogen and oxygen atoms in total. The van der Waals surface area contributed by atoms with Crippen molar-refractivity contribution < 1.29 is 9.15 Å². The minimum absolute atomic E-state index is 0.299. The standard InChI is InChI=1S/C12H18N2O2/c13-14-11(5-8-3-4-15-7-8)10-6-9-1-2-12(10)16-9/h3-4,7,9-12,14H,1-2,5-6,13H2. The van der Waals surface area contributed by atoms with E-state index in [4.69, 9.17) is 15.0 Å². The predicted molar refractivity (Wildman–Crippen MR) is 59.5 cm³/mol. The minimum atomic E-state index is 0.299. The van der Waals surface area contributed by atoms with Crippen LogP contribution in [0, 0.1) is 5.92 Å². The molecule has 0 radical (unpaired) electrons. The molecule has 3 heterocycles. The fourth-order valence-electron chi connectivity index (χ4n) is 3.10. The van der Waals surface area contributed by atoms with E-state index in [-0.39, 0.29) is 0 Å². The number of nitrogens with two attached hydrogens (primary N) is 1. The summed E-state index contributed by atoms with van der Waals surface area (Å²) in [5, 5.41) is 0. The number of ether oxygens (including phenoxy) is 1. The maximum atomic E-state index is 5.87. The normalized spacial score (nSPS) is 34.4. The molecule has 4 heteroatoms. The van der Waals surface area contributed by atoms with Crippen LogP contribution in [0.25, 0.3) is 0 Å². The van der Waals surface area contributed by atoms with E-state index < -0.39 is 0 Å². The van der Waals surface area contributed by atoms with Gasteiger partial charge in [-0.3, -0.25) is 11.3 Å². The lowest BCUT2D eigenvalue weighted by atomic mass is 9.82. The van der Waals surface area contributed by atoms with Crippen LogP contribution < -0.4 is 11.3 Å². The molecule has 4 unspecified atom stereocenters. The smallest absolute Gasteiger partial charge is 0.0935 e. The molecule has 0 saturated carbocycles. The lowest BCUT2D eigenvalue weighted by molar-refractivity contribution is 0.0857. The highest BCUT2D eigenvalue weighted by atomic mass is 16.5. The molecule has 4 atom stereocenters. The van der Waals surface area contributed by atoms with Crippen molar-refractivity contribution in [2.24, 2.45) is 11.8 Å². The SMILES string of the molecule is NNC(Cc1ccoc1)C1CC2CCC1O2. The van der Waals surface area contributed by atoms with Gasteiger partial charge in [0.25, 0.3) is 0 Å². The Morgan fingerprint density at radius 3 is 3.00 bits per heavy atom. The molecule has 0 amide bonds. The zero-order valence-corrected chi connectivity index (χ0v) is 9.26. The first-order valence-corrected chi connectivity index (χ1v) is 5.99. The van der Waals surface area contributed by atoms with Gasteiger partial charge in [-0.05, 0) is 37.3 Å². The third-order valence-electron chi connectivity index (χ3n) is 3.92. The minimum Gasteiger partial charge on any atom is -0.472 e. The summed E-state index contributed by atoms with van der Waals surface area (Å²) in [6, 6.07) is 2.30. The first-order chi connectivity index (χ1) is 7.86. The molecule has 88 valence electrons. The highest BCUT2D eigenvalue weighted by molar-refractivity contribution is 5.09. The summed E-state index contributed by atoms with van der Waals surface area (Å²) < 4.78 is 11.0. The highest BCUT2D eigenvalue weighted by Crippen LogP contribution is 2.40. The van der Waals surface area contributed by atoms with Crippen molar-refractivity contribution in [2.45, 2.75) is 43.9 Å². The summed E-state index contributed by atoms with van der Waals surface area (Å²) in [7, 11) is 0. The van der Waals surface area contributed by atoms with Crippen LogP contribution in [0.1, 0.15) is 24.8 Å². The van der Waals surface area contributed by atoms with Gasteiger partial charge in [0.2, 0.25) is 0 Å². The molecule has 2 saturated heterocycles. The van der Waals surface area contributed by atoms with E-state index in [0.717, 1.165) is 12.8 Å². The van der Waals surface area contributed by atoms with Crippen LogP contribution in [0.3, 0.4) is 0 Å². The van der Waals surface area contributed by atoms with Gasteiger partial charge in [0, 0.05) is 12.0 Å². The molecular weight excluding hydrogens is 204 g/mol. The monoisotopic (exact) mass is 222 g/mol. The number of furan rings is 1. The number of nitrogens with one attached hydrogen (secondary N) is 1. The predicted octanol–water partition coefficient (Wildman–Crippen LogP) is 1.22. The van der Waals surface area contributed by atoms with Gasteiger partial charge >= 0.3 is 0 Å². The van der Waals surface area contributed by atoms with E-state index >= 15 is 0 Å². The Balaban J connectivity index is 1.67. The van der Waals surface area contributed by atoms with E-state index in [1.807, 2.05) is 6.07 Å². The van der Waals surface area contributed by atoms with Gasteiger partial charge < -0.3 is 9.15 Å². The third kappa shape index (κ3) is 1.77. The summed E-state index contributed by atoms with van der Waals surface area (Å²) in [6.45, 7) is 0. The van der Waals surface area contributed by atoms with Crippen molar-refractivity contribution in [3.8, 4) is 0 Å². The largest absolute Gasteiger partial charge is 0.472 e. The van der Waals surface area contributed by atoms with Crippen molar-refractivity contribution in [1.82, 2.24) is 5.43 Å². The quantitative estimate of drug-likeness (QED) is 0.594. The lowest BCUT2D eigenvalue weighted by Gasteiger charge is -2.27. The summed E-state index contributed by atoms with van der Waals surface area (Å²) >= 11 is 0. The first-order valence-electron chi connectivity index (χ1n) is 5.99. The Labute approximate surface area is 95.1 Å². The van der Waals surface area contributed by atoms with Crippen LogP contribution in [0.15, 0.2) is 23.0 Å².